The largest absolute Gasteiger partial charge is 0.494 e. The van der Waals surface area contributed by atoms with Crippen LogP contribution in [0.1, 0.15) is 5.69 Å². The molecule has 0 aliphatic heterocycles. The van der Waals surface area contributed by atoms with Gasteiger partial charge >= 0.3 is 0 Å². The summed E-state index contributed by atoms with van der Waals surface area (Å²) in [5.74, 6) is 1.64. The number of benzene rings is 1. The van der Waals surface area contributed by atoms with Crippen molar-refractivity contribution in [3.8, 4) is 5.75 Å². The molecule has 5 nitrogen and oxygen atoms in total. The van der Waals surface area contributed by atoms with E-state index in [4.69, 9.17) is 4.74 Å². The number of hydrogen-bond acceptors (Lipinski definition) is 4. The van der Waals surface area contributed by atoms with Crippen molar-refractivity contribution in [2.75, 3.05) is 12.4 Å². The van der Waals surface area contributed by atoms with Crippen LogP contribution >= 0.6 is 0 Å². The summed E-state index contributed by atoms with van der Waals surface area (Å²) in [5, 5.41) is 8.60. The van der Waals surface area contributed by atoms with Crippen LogP contribution in [0.2, 0.25) is 0 Å². The van der Waals surface area contributed by atoms with E-state index in [1.165, 1.54) is 0 Å². The van der Waals surface area contributed by atoms with Crippen LogP contribution in [0.4, 0.5) is 5.82 Å². The SMILES string of the molecule is COc1cccc2ccc(CNc3ccn(C)n3)nc12. The predicted octanol–water partition coefficient (Wildman–Crippen LogP) is 2.59. The van der Waals surface area contributed by atoms with E-state index in [0.717, 1.165) is 28.2 Å². The zero-order valence-corrected chi connectivity index (χ0v) is 11.5. The van der Waals surface area contributed by atoms with Gasteiger partial charge in [0.15, 0.2) is 0 Å². The molecule has 1 aromatic carbocycles. The molecule has 0 aliphatic carbocycles. The molecule has 0 aliphatic rings. The highest BCUT2D eigenvalue weighted by Gasteiger charge is 2.04. The molecule has 0 unspecified atom stereocenters. The lowest BCUT2D eigenvalue weighted by Gasteiger charge is -2.07. The van der Waals surface area contributed by atoms with Crippen molar-refractivity contribution < 1.29 is 4.74 Å². The third kappa shape index (κ3) is 2.42. The normalized spacial score (nSPS) is 10.7. The molecule has 0 amide bonds. The van der Waals surface area contributed by atoms with Crippen molar-refractivity contribution in [1.29, 1.82) is 0 Å². The Labute approximate surface area is 117 Å². The third-order valence-electron chi connectivity index (χ3n) is 3.13. The quantitative estimate of drug-likeness (QED) is 0.790. The maximum absolute atomic E-state index is 5.35. The number of nitrogens with zero attached hydrogens (tertiary/aromatic N) is 3. The minimum absolute atomic E-state index is 0.630. The molecule has 20 heavy (non-hydrogen) atoms. The van der Waals surface area contributed by atoms with Crippen molar-refractivity contribution >= 4 is 16.7 Å². The number of pyridine rings is 1. The Balaban J connectivity index is 1.85. The highest BCUT2D eigenvalue weighted by atomic mass is 16.5. The lowest BCUT2D eigenvalue weighted by molar-refractivity contribution is 0.419. The van der Waals surface area contributed by atoms with Gasteiger partial charge < -0.3 is 10.1 Å². The van der Waals surface area contributed by atoms with Gasteiger partial charge in [0, 0.05) is 24.7 Å². The van der Waals surface area contributed by atoms with Gasteiger partial charge in [-0.1, -0.05) is 18.2 Å². The fraction of sp³-hybridized carbons (Fsp3) is 0.200. The Bertz CT molecular complexity index is 736. The van der Waals surface area contributed by atoms with Gasteiger partial charge in [-0.25, -0.2) is 4.98 Å². The molecule has 0 bridgehead atoms. The second kappa shape index (κ2) is 5.21. The lowest BCUT2D eigenvalue weighted by atomic mass is 10.2. The number of methoxy groups -OCH3 is 1. The Kier molecular flexibility index (Phi) is 3.25. The van der Waals surface area contributed by atoms with E-state index in [1.54, 1.807) is 11.8 Å². The molecule has 0 spiro atoms. The van der Waals surface area contributed by atoms with Crippen LogP contribution in [0.3, 0.4) is 0 Å². The number of hydrogen-bond donors (Lipinski definition) is 1. The van der Waals surface area contributed by atoms with E-state index in [9.17, 15) is 0 Å². The molecule has 5 heteroatoms. The molecular weight excluding hydrogens is 252 g/mol. The van der Waals surface area contributed by atoms with Crippen molar-refractivity contribution in [2.45, 2.75) is 6.54 Å². The first-order valence-corrected chi connectivity index (χ1v) is 6.42. The fourth-order valence-electron chi connectivity index (χ4n) is 2.11. The van der Waals surface area contributed by atoms with E-state index in [2.05, 4.69) is 21.5 Å². The summed E-state index contributed by atoms with van der Waals surface area (Å²) in [7, 11) is 3.56. The average Bonchev–Trinajstić information content (AvgIpc) is 2.90. The molecule has 2 aromatic heterocycles. The zero-order valence-electron chi connectivity index (χ0n) is 11.5. The van der Waals surface area contributed by atoms with Gasteiger partial charge in [0.25, 0.3) is 0 Å². The molecule has 2 heterocycles. The van der Waals surface area contributed by atoms with Gasteiger partial charge in [-0.05, 0) is 12.1 Å². The lowest BCUT2D eigenvalue weighted by Crippen LogP contribution is -2.03. The summed E-state index contributed by atoms with van der Waals surface area (Å²) >= 11 is 0. The standard InChI is InChI=1S/C15H16N4O/c1-19-9-8-14(18-19)16-10-12-7-6-11-4-3-5-13(20-2)15(11)17-12/h3-9H,10H2,1-2H3,(H,16,18). The molecule has 0 saturated carbocycles. The molecular formula is C15H16N4O. The number of nitrogens with one attached hydrogen (secondary N) is 1. The van der Waals surface area contributed by atoms with Crippen LogP contribution < -0.4 is 10.1 Å². The van der Waals surface area contributed by atoms with Crippen molar-refractivity contribution in [1.82, 2.24) is 14.8 Å². The highest BCUT2D eigenvalue weighted by molar-refractivity contribution is 5.84. The molecule has 0 radical (unpaired) electrons. The van der Waals surface area contributed by atoms with Gasteiger partial charge in [0.1, 0.15) is 17.1 Å². The van der Waals surface area contributed by atoms with Gasteiger partial charge in [-0.15, -0.1) is 0 Å². The molecule has 0 saturated heterocycles. The maximum atomic E-state index is 5.35. The molecule has 1 N–H and O–H groups in total. The molecule has 0 atom stereocenters. The van der Waals surface area contributed by atoms with E-state index >= 15 is 0 Å². The molecule has 0 fully saturated rings. The van der Waals surface area contributed by atoms with Crippen LogP contribution in [0, 0.1) is 0 Å². The number of ether oxygens (including phenoxy) is 1. The van der Waals surface area contributed by atoms with Crippen molar-refractivity contribution in [3.05, 3.63) is 48.3 Å². The number of para-hydroxylation sites is 1. The summed E-state index contributed by atoms with van der Waals surface area (Å²) in [4.78, 5) is 4.65. The van der Waals surface area contributed by atoms with Gasteiger partial charge in [0.2, 0.25) is 0 Å². The number of aromatic nitrogens is 3. The van der Waals surface area contributed by atoms with E-state index in [-0.39, 0.29) is 0 Å². The fourth-order valence-corrected chi connectivity index (χ4v) is 2.11. The first-order chi connectivity index (χ1) is 9.76. The minimum atomic E-state index is 0.630. The third-order valence-corrected chi connectivity index (χ3v) is 3.13. The topological polar surface area (TPSA) is 52.0 Å². The number of anilines is 1. The second-order valence-electron chi connectivity index (χ2n) is 4.56. The minimum Gasteiger partial charge on any atom is -0.494 e. The number of fused-ring (bicyclic) bond motifs is 1. The first kappa shape index (κ1) is 12.5. The Hall–Kier alpha value is -2.56. The van der Waals surface area contributed by atoms with Gasteiger partial charge in [-0.2, -0.15) is 5.10 Å². The molecule has 3 aromatic rings. The summed E-state index contributed by atoms with van der Waals surface area (Å²) in [6, 6.07) is 11.9. The first-order valence-electron chi connectivity index (χ1n) is 6.42. The highest BCUT2D eigenvalue weighted by Crippen LogP contribution is 2.23. The summed E-state index contributed by atoms with van der Waals surface area (Å²) < 4.78 is 7.11. The summed E-state index contributed by atoms with van der Waals surface area (Å²) in [6.07, 6.45) is 1.90. The van der Waals surface area contributed by atoms with Crippen LogP contribution in [0.15, 0.2) is 42.6 Å². The number of aryl methyl sites for hydroxylation is 1. The Morgan fingerprint density at radius 1 is 1.20 bits per heavy atom. The Morgan fingerprint density at radius 2 is 2.10 bits per heavy atom. The van der Waals surface area contributed by atoms with Crippen molar-refractivity contribution in [2.24, 2.45) is 7.05 Å². The van der Waals surface area contributed by atoms with Gasteiger partial charge in [-0.3, -0.25) is 4.68 Å². The monoisotopic (exact) mass is 268 g/mol. The Morgan fingerprint density at radius 3 is 2.85 bits per heavy atom. The summed E-state index contributed by atoms with van der Waals surface area (Å²) in [6.45, 7) is 0.630. The van der Waals surface area contributed by atoms with Crippen molar-refractivity contribution in [3.63, 3.8) is 0 Å². The van der Waals surface area contributed by atoms with Crippen LogP contribution in [0.5, 0.6) is 5.75 Å². The van der Waals surface area contributed by atoms with E-state index in [0.29, 0.717) is 6.54 Å². The zero-order chi connectivity index (χ0) is 13.9. The second-order valence-corrected chi connectivity index (χ2v) is 4.56. The average molecular weight is 268 g/mol. The van der Waals surface area contributed by atoms with Crippen LogP contribution in [-0.4, -0.2) is 21.9 Å². The predicted molar refractivity (Wildman–Crippen MR) is 78.8 cm³/mol. The number of rotatable bonds is 4. The van der Waals surface area contributed by atoms with Crippen LogP contribution in [0.25, 0.3) is 10.9 Å². The van der Waals surface area contributed by atoms with Gasteiger partial charge in [0.05, 0.1) is 19.3 Å². The van der Waals surface area contributed by atoms with E-state index in [1.807, 2.05) is 43.6 Å². The van der Waals surface area contributed by atoms with Crippen LogP contribution in [-0.2, 0) is 13.6 Å². The molecule has 3 rings (SSSR count). The molecule has 102 valence electrons. The maximum Gasteiger partial charge on any atom is 0.148 e. The smallest absolute Gasteiger partial charge is 0.148 e. The van der Waals surface area contributed by atoms with E-state index < -0.39 is 0 Å². The summed E-state index contributed by atoms with van der Waals surface area (Å²) in [5.41, 5.74) is 1.84.